The minimum atomic E-state index is -4.57. The van der Waals surface area contributed by atoms with Gasteiger partial charge in [-0.05, 0) is 48.8 Å². The lowest BCUT2D eigenvalue weighted by Gasteiger charge is -2.36. The number of hydrogen-bond acceptors (Lipinski definition) is 6. The van der Waals surface area contributed by atoms with Crippen LogP contribution < -0.4 is 10.6 Å². The van der Waals surface area contributed by atoms with Gasteiger partial charge in [0.15, 0.2) is 0 Å². The van der Waals surface area contributed by atoms with Crippen molar-refractivity contribution in [1.82, 2.24) is 20.4 Å². The Morgan fingerprint density at radius 1 is 1.20 bits per heavy atom. The van der Waals surface area contributed by atoms with Crippen molar-refractivity contribution in [1.29, 1.82) is 0 Å². The highest BCUT2D eigenvalue weighted by Crippen LogP contribution is 2.41. The molecule has 2 aromatic heterocycles. The van der Waals surface area contributed by atoms with Crippen molar-refractivity contribution in [2.45, 2.75) is 52.8 Å². The van der Waals surface area contributed by atoms with Gasteiger partial charge in [0.05, 0.1) is 11.4 Å². The molecule has 0 radical (unpaired) electrons. The van der Waals surface area contributed by atoms with Gasteiger partial charge in [-0.1, -0.05) is 43.3 Å². The average molecular weight is 484 g/mol. The molecule has 0 amide bonds. The normalized spacial score (nSPS) is 19.4. The second kappa shape index (κ2) is 8.48. The molecule has 35 heavy (non-hydrogen) atoms. The summed E-state index contributed by atoms with van der Waals surface area (Å²) >= 11 is 0. The van der Waals surface area contributed by atoms with Crippen molar-refractivity contribution in [3.63, 3.8) is 0 Å². The van der Waals surface area contributed by atoms with Crippen LogP contribution in [-0.4, -0.2) is 34.3 Å². The second-order valence-electron chi connectivity index (χ2n) is 10.2. The third-order valence-corrected chi connectivity index (χ3v) is 6.72. The fourth-order valence-electron chi connectivity index (χ4n) is 5.17. The first-order valence-corrected chi connectivity index (χ1v) is 11.7. The molecule has 1 saturated heterocycles. The van der Waals surface area contributed by atoms with Gasteiger partial charge in [0.2, 0.25) is 5.95 Å². The molecule has 2 N–H and O–H groups in total. The van der Waals surface area contributed by atoms with E-state index in [1.165, 1.54) is 0 Å². The fourth-order valence-corrected chi connectivity index (χ4v) is 5.17. The molecule has 2 aliphatic rings. The predicted molar refractivity (Wildman–Crippen MR) is 128 cm³/mol. The molecule has 6 nitrogen and oxygen atoms in total. The van der Waals surface area contributed by atoms with Crippen LogP contribution in [0.3, 0.4) is 0 Å². The van der Waals surface area contributed by atoms with E-state index in [1.54, 1.807) is 0 Å². The number of nitrogens with zero attached hydrogens (tertiary/aromatic N) is 3. The van der Waals surface area contributed by atoms with Crippen LogP contribution in [-0.2, 0) is 12.6 Å². The first kappa shape index (κ1) is 23.5. The zero-order valence-corrected chi connectivity index (χ0v) is 20.2. The number of halogens is 3. The molecular weight excluding hydrogens is 455 g/mol. The molecule has 9 heteroatoms. The SMILES string of the molecule is Cc1noc(C)c1-c1ccc2c(c1)CC=C2c1nc(N[C@@H]2CNCC(C)(C)C2)ncc1C(F)(F)F. The number of alkyl halides is 3. The van der Waals surface area contributed by atoms with E-state index in [9.17, 15) is 13.2 Å². The molecule has 184 valence electrons. The highest BCUT2D eigenvalue weighted by molar-refractivity contribution is 5.86. The Bertz CT molecular complexity index is 1290. The van der Waals surface area contributed by atoms with Crippen LogP contribution in [0.4, 0.5) is 19.1 Å². The van der Waals surface area contributed by atoms with Crippen LogP contribution in [0, 0.1) is 19.3 Å². The Morgan fingerprint density at radius 3 is 2.69 bits per heavy atom. The third-order valence-electron chi connectivity index (χ3n) is 6.72. The molecule has 1 fully saturated rings. The van der Waals surface area contributed by atoms with Gasteiger partial charge in [-0.15, -0.1) is 0 Å². The van der Waals surface area contributed by atoms with Gasteiger partial charge in [0, 0.05) is 36.5 Å². The summed E-state index contributed by atoms with van der Waals surface area (Å²) in [7, 11) is 0. The maximum Gasteiger partial charge on any atom is 0.419 e. The zero-order chi connectivity index (χ0) is 25.0. The van der Waals surface area contributed by atoms with Crippen molar-refractivity contribution >= 4 is 11.5 Å². The molecule has 1 aliphatic carbocycles. The van der Waals surface area contributed by atoms with E-state index in [2.05, 4.69) is 39.6 Å². The number of piperidine rings is 1. The number of aromatic nitrogens is 3. The number of allylic oxidation sites excluding steroid dienone is 1. The van der Waals surface area contributed by atoms with E-state index in [0.717, 1.165) is 47.1 Å². The van der Waals surface area contributed by atoms with E-state index in [-0.39, 0.29) is 23.1 Å². The predicted octanol–water partition coefficient (Wildman–Crippen LogP) is 5.56. The molecule has 1 aliphatic heterocycles. The minimum Gasteiger partial charge on any atom is -0.361 e. The van der Waals surface area contributed by atoms with Crippen molar-refractivity contribution < 1.29 is 17.7 Å². The van der Waals surface area contributed by atoms with Crippen LogP contribution in [0.15, 0.2) is 35.0 Å². The van der Waals surface area contributed by atoms with Crippen LogP contribution in [0.25, 0.3) is 16.7 Å². The topological polar surface area (TPSA) is 75.9 Å². The lowest BCUT2D eigenvalue weighted by molar-refractivity contribution is -0.138. The molecule has 0 saturated carbocycles. The highest BCUT2D eigenvalue weighted by Gasteiger charge is 2.37. The number of hydrogen-bond donors (Lipinski definition) is 2. The van der Waals surface area contributed by atoms with E-state index in [0.29, 0.717) is 24.3 Å². The molecule has 1 aromatic carbocycles. The highest BCUT2D eigenvalue weighted by atomic mass is 19.4. The summed E-state index contributed by atoms with van der Waals surface area (Å²) in [6, 6.07) is 5.78. The molecular formula is C26H28F3N5O. The van der Waals surface area contributed by atoms with Crippen molar-refractivity contribution in [3.8, 4) is 11.1 Å². The van der Waals surface area contributed by atoms with Gasteiger partial charge in [-0.2, -0.15) is 13.2 Å². The second-order valence-corrected chi connectivity index (χ2v) is 10.2. The van der Waals surface area contributed by atoms with E-state index >= 15 is 0 Å². The molecule has 0 spiro atoms. The number of anilines is 1. The van der Waals surface area contributed by atoms with Gasteiger partial charge in [-0.3, -0.25) is 0 Å². The van der Waals surface area contributed by atoms with Crippen molar-refractivity contribution in [2.75, 3.05) is 18.4 Å². The van der Waals surface area contributed by atoms with Gasteiger partial charge >= 0.3 is 6.18 Å². The molecule has 0 bridgehead atoms. The van der Waals surface area contributed by atoms with Crippen LogP contribution in [0.2, 0.25) is 0 Å². The van der Waals surface area contributed by atoms with Crippen LogP contribution in [0.1, 0.15) is 54.1 Å². The minimum absolute atomic E-state index is 0.0331. The van der Waals surface area contributed by atoms with E-state index in [4.69, 9.17) is 4.52 Å². The monoisotopic (exact) mass is 483 g/mol. The largest absolute Gasteiger partial charge is 0.419 e. The number of fused-ring (bicyclic) bond motifs is 1. The summed E-state index contributed by atoms with van der Waals surface area (Å²) in [4.78, 5) is 8.43. The summed E-state index contributed by atoms with van der Waals surface area (Å²) in [5, 5.41) is 10.6. The third kappa shape index (κ3) is 4.57. The summed E-state index contributed by atoms with van der Waals surface area (Å²) in [6.45, 7) is 9.63. The van der Waals surface area contributed by atoms with E-state index < -0.39 is 11.7 Å². The molecule has 1 atom stereocenters. The molecule has 3 heterocycles. The summed E-state index contributed by atoms with van der Waals surface area (Å²) in [6.07, 6.45) is -0.470. The standard InChI is InChI=1S/C26H28F3N5O/c1-14-22(15(2)35-34-14)17-6-7-19-16(9-17)5-8-20(19)23-21(26(27,28)29)12-31-24(33-23)32-18-10-25(3,4)13-30-11-18/h6-9,12,18,30H,5,10-11,13H2,1-4H3,(H,31,32,33)/t18-/m0/s1. The average Bonchev–Trinajstić information content (AvgIpc) is 3.34. The van der Waals surface area contributed by atoms with Gasteiger partial charge in [0.1, 0.15) is 11.3 Å². The maximum absolute atomic E-state index is 14.0. The zero-order valence-electron chi connectivity index (χ0n) is 20.2. The van der Waals surface area contributed by atoms with Gasteiger partial charge in [0.25, 0.3) is 0 Å². The van der Waals surface area contributed by atoms with Crippen LogP contribution >= 0.6 is 0 Å². The van der Waals surface area contributed by atoms with Crippen LogP contribution in [0.5, 0.6) is 0 Å². The fraction of sp³-hybridized carbons (Fsp3) is 0.423. The Labute approximate surface area is 202 Å². The number of rotatable bonds is 4. The lowest BCUT2D eigenvalue weighted by Crippen LogP contribution is -2.47. The van der Waals surface area contributed by atoms with E-state index in [1.807, 2.05) is 38.1 Å². The summed E-state index contributed by atoms with van der Waals surface area (Å²) < 4.78 is 47.1. The number of benzene rings is 1. The summed E-state index contributed by atoms with van der Waals surface area (Å²) in [5.41, 5.74) is 3.94. The first-order valence-electron chi connectivity index (χ1n) is 11.7. The smallest absolute Gasteiger partial charge is 0.361 e. The Balaban J connectivity index is 1.50. The number of aryl methyl sites for hydroxylation is 2. The Morgan fingerprint density at radius 2 is 2.00 bits per heavy atom. The Hall–Kier alpha value is -3.20. The molecule has 0 unspecified atom stereocenters. The maximum atomic E-state index is 14.0. The van der Waals surface area contributed by atoms with Gasteiger partial charge < -0.3 is 15.2 Å². The van der Waals surface area contributed by atoms with Crippen molar-refractivity contribution in [3.05, 3.63) is 64.3 Å². The molecule has 3 aromatic rings. The first-order chi connectivity index (χ1) is 16.5. The lowest BCUT2D eigenvalue weighted by atomic mass is 9.83. The quantitative estimate of drug-likeness (QED) is 0.506. The molecule has 5 rings (SSSR count). The summed E-state index contributed by atoms with van der Waals surface area (Å²) in [5.74, 6) is 0.916. The number of nitrogens with one attached hydrogen (secondary N) is 2. The van der Waals surface area contributed by atoms with Gasteiger partial charge in [-0.25, -0.2) is 9.97 Å². The van der Waals surface area contributed by atoms with Crippen molar-refractivity contribution in [2.24, 2.45) is 5.41 Å². The Kier molecular flexibility index (Phi) is 5.70.